The number of aromatic nitrogens is 1. The highest BCUT2D eigenvalue weighted by Crippen LogP contribution is 2.30. The third-order valence-corrected chi connectivity index (χ3v) is 2.64. The first-order valence-electron chi connectivity index (χ1n) is 5.45. The van der Waals surface area contributed by atoms with Crippen LogP contribution in [0, 0.1) is 10.1 Å². The van der Waals surface area contributed by atoms with Gasteiger partial charge in [-0.3, -0.25) is 19.9 Å². The van der Waals surface area contributed by atoms with Crippen LogP contribution in [0.15, 0.2) is 30.6 Å². The number of rotatable bonds is 4. The SMILES string of the molecule is COC(=O)CNc1ccc([N+](=O)[O-])c2cnccc12. The van der Waals surface area contributed by atoms with Crippen molar-refractivity contribution in [2.45, 2.75) is 0 Å². The van der Waals surface area contributed by atoms with Crippen molar-refractivity contribution in [1.29, 1.82) is 0 Å². The quantitative estimate of drug-likeness (QED) is 0.511. The lowest BCUT2D eigenvalue weighted by atomic mass is 10.1. The van der Waals surface area contributed by atoms with Crippen LogP contribution in [0.1, 0.15) is 0 Å². The number of ether oxygens (including phenoxy) is 1. The van der Waals surface area contributed by atoms with E-state index in [2.05, 4.69) is 15.0 Å². The van der Waals surface area contributed by atoms with Crippen molar-refractivity contribution in [1.82, 2.24) is 4.98 Å². The molecular weight excluding hydrogens is 250 g/mol. The van der Waals surface area contributed by atoms with Crippen molar-refractivity contribution in [3.63, 3.8) is 0 Å². The summed E-state index contributed by atoms with van der Waals surface area (Å²) in [5.74, 6) is -0.416. The molecule has 1 aromatic carbocycles. The number of nitro benzene ring substituents is 1. The Hall–Kier alpha value is -2.70. The molecule has 1 aromatic heterocycles. The number of benzene rings is 1. The summed E-state index contributed by atoms with van der Waals surface area (Å²) in [7, 11) is 1.29. The Kier molecular flexibility index (Phi) is 3.56. The van der Waals surface area contributed by atoms with E-state index in [9.17, 15) is 14.9 Å². The number of fused-ring (bicyclic) bond motifs is 1. The fourth-order valence-electron chi connectivity index (χ4n) is 1.73. The van der Waals surface area contributed by atoms with Gasteiger partial charge >= 0.3 is 5.97 Å². The van der Waals surface area contributed by atoms with Crippen molar-refractivity contribution < 1.29 is 14.5 Å². The number of nitrogens with zero attached hydrogens (tertiary/aromatic N) is 2. The van der Waals surface area contributed by atoms with E-state index in [0.717, 1.165) is 0 Å². The fourth-order valence-corrected chi connectivity index (χ4v) is 1.73. The predicted molar refractivity (Wildman–Crippen MR) is 68.9 cm³/mol. The Balaban J connectivity index is 2.44. The van der Waals surface area contributed by atoms with Crippen LogP contribution in [-0.2, 0) is 9.53 Å². The van der Waals surface area contributed by atoms with Crippen molar-refractivity contribution in [2.75, 3.05) is 19.0 Å². The number of nitrogens with one attached hydrogen (secondary N) is 1. The molecule has 98 valence electrons. The van der Waals surface area contributed by atoms with Crippen LogP contribution in [0.25, 0.3) is 10.8 Å². The lowest BCUT2D eigenvalue weighted by Gasteiger charge is -2.08. The molecule has 0 saturated carbocycles. The third-order valence-electron chi connectivity index (χ3n) is 2.64. The van der Waals surface area contributed by atoms with Gasteiger partial charge in [0.25, 0.3) is 5.69 Å². The molecule has 1 N–H and O–H groups in total. The van der Waals surface area contributed by atoms with Gasteiger partial charge in [0.1, 0.15) is 6.54 Å². The van der Waals surface area contributed by atoms with Gasteiger partial charge in [-0.2, -0.15) is 0 Å². The van der Waals surface area contributed by atoms with Gasteiger partial charge in [-0.15, -0.1) is 0 Å². The smallest absolute Gasteiger partial charge is 0.325 e. The van der Waals surface area contributed by atoms with Crippen molar-refractivity contribution in [3.05, 3.63) is 40.7 Å². The third kappa shape index (κ3) is 2.59. The largest absolute Gasteiger partial charge is 0.468 e. The van der Waals surface area contributed by atoms with Gasteiger partial charge in [-0.05, 0) is 12.1 Å². The van der Waals surface area contributed by atoms with E-state index in [1.165, 1.54) is 25.6 Å². The molecular formula is C12H11N3O4. The first-order valence-corrected chi connectivity index (χ1v) is 5.45. The molecule has 2 aromatic rings. The van der Waals surface area contributed by atoms with Gasteiger partial charge in [-0.25, -0.2) is 0 Å². The number of hydrogen-bond donors (Lipinski definition) is 1. The summed E-state index contributed by atoms with van der Waals surface area (Å²) in [5.41, 5.74) is 0.597. The topological polar surface area (TPSA) is 94.4 Å². The van der Waals surface area contributed by atoms with E-state index in [1.54, 1.807) is 12.1 Å². The Morgan fingerprint density at radius 1 is 1.42 bits per heavy atom. The lowest BCUT2D eigenvalue weighted by Crippen LogP contribution is -2.15. The molecule has 7 nitrogen and oxygen atoms in total. The Morgan fingerprint density at radius 3 is 2.89 bits per heavy atom. The normalized spacial score (nSPS) is 10.2. The van der Waals surface area contributed by atoms with E-state index in [-0.39, 0.29) is 12.2 Å². The van der Waals surface area contributed by atoms with Crippen LogP contribution in [0.4, 0.5) is 11.4 Å². The summed E-state index contributed by atoms with van der Waals surface area (Å²) < 4.78 is 4.52. The van der Waals surface area contributed by atoms with Crippen molar-refractivity contribution in [2.24, 2.45) is 0 Å². The molecule has 7 heteroatoms. The highest BCUT2D eigenvalue weighted by Gasteiger charge is 2.14. The minimum atomic E-state index is -0.464. The molecule has 0 aliphatic rings. The van der Waals surface area contributed by atoms with Crippen LogP contribution < -0.4 is 5.32 Å². The maximum absolute atomic E-state index is 11.1. The number of hydrogen-bond acceptors (Lipinski definition) is 6. The number of anilines is 1. The molecule has 19 heavy (non-hydrogen) atoms. The Labute approximate surface area is 108 Å². The van der Waals surface area contributed by atoms with E-state index in [4.69, 9.17) is 0 Å². The molecule has 0 saturated heterocycles. The zero-order valence-electron chi connectivity index (χ0n) is 10.1. The van der Waals surface area contributed by atoms with Gasteiger partial charge < -0.3 is 10.1 Å². The highest BCUT2D eigenvalue weighted by molar-refractivity contribution is 5.99. The van der Waals surface area contributed by atoms with E-state index in [0.29, 0.717) is 16.5 Å². The summed E-state index contributed by atoms with van der Waals surface area (Å²) in [6.45, 7) is -0.00820. The maximum atomic E-state index is 11.1. The monoisotopic (exact) mass is 261 g/mol. The average Bonchev–Trinajstić information content (AvgIpc) is 2.43. The summed E-state index contributed by atoms with van der Waals surface area (Å²) in [6.07, 6.45) is 2.96. The molecule has 0 bridgehead atoms. The number of nitro groups is 1. The van der Waals surface area contributed by atoms with E-state index in [1.807, 2.05) is 0 Å². The number of methoxy groups -OCH3 is 1. The summed E-state index contributed by atoms with van der Waals surface area (Å²) >= 11 is 0. The van der Waals surface area contributed by atoms with Crippen molar-refractivity contribution >= 4 is 28.1 Å². The van der Waals surface area contributed by atoms with Crippen LogP contribution in [0.5, 0.6) is 0 Å². The lowest BCUT2D eigenvalue weighted by molar-refractivity contribution is -0.383. The first-order chi connectivity index (χ1) is 9.13. The van der Waals surface area contributed by atoms with Crippen molar-refractivity contribution in [3.8, 4) is 0 Å². The minimum absolute atomic E-state index is 0.00820. The summed E-state index contributed by atoms with van der Waals surface area (Å²) in [6, 6.07) is 4.59. The molecule has 0 fully saturated rings. The van der Waals surface area contributed by atoms with Gasteiger partial charge in [0, 0.05) is 29.5 Å². The molecule has 0 aliphatic heterocycles. The van der Waals surface area contributed by atoms with Gasteiger partial charge in [0.15, 0.2) is 0 Å². The number of carbonyl (C=O) groups excluding carboxylic acids is 1. The maximum Gasteiger partial charge on any atom is 0.325 e. The Morgan fingerprint density at radius 2 is 2.21 bits per heavy atom. The molecule has 0 aliphatic carbocycles. The van der Waals surface area contributed by atoms with E-state index >= 15 is 0 Å². The second-order valence-corrected chi connectivity index (χ2v) is 3.74. The minimum Gasteiger partial charge on any atom is -0.468 e. The number of carbonyl (C=O) groups is 1. The second-order valence-electron chi connectivity index (χ2n) is 3.74. The molecule has 0 spiro atoms. The fraction of sp³-hybridized carbons (Fsp3) is 0.167. The van der Waals surface area contributed by atoms with Gasteiger partial charge in [-0.1, -0.05) is 0 Å². The summed E-state index contributed by atoms with van der Waals surface area (Å²) in [5, 5.41) is 14.9. The highest BCUT2D eigenvalue weighted by atomic mass is 16.6. The molecule has 2 rings (SSSR count). The van der Waals surface area contributed by atoms with Gasteiger partial charge in [0.05, 0.1) is 17.4 Å². The summed E-state index contributed by atoms with van der Waals surface area (Å²) in [4.78, 5) is 25.4. The van der Waals surface area contributed by atoms with Gasteiger partial charge in [0.2, 0.25) is 0 Å². The van der Waals surface area contributed by atoms with Crippen LogP contribution in [0.3, 0.4) is 0 Å². The number of pyridine rings is 1. The van der Waals surface area contributed by atoms with Crippen LogP contribution in [0.2, 0.25) is 0 Å². The van der Waals surface area contributed by atoms with E-state index < -0.39 is 10.9 Å². The standard InChI is InChI=1S/C12H11N3O4/c1-19-12(16)7-14-10-2-3-11(15(17)18)9-6-13-5-4-8(9)10/h2-6,14H,7H2,1H3. The van der Waals surface area contributed by atoms with Crippen LogP contribution in [-0.4, -0.2) is 29.5 Å². The van der Waals surface area contributed by atoms with Crippen LogP contribution >= 0.6 is 0 Å². The zero-order valence-corrected chi connectivity index (χ0v) is 10.1. The zero-order chi connectivity index (χ0) is 13.8. The molecule has 0 unspecified atom stereocenters. The molecule has 0 amide bonds. The second kappa shape index (κ2) is 5.30. The average molecular weight is 261 g/mol. The molecule has 1 heterocycles. The molecule has 0 radical (unpaired) electrons. The Bertz CT molecular complexity index is 642. The molecule has 0 atom stereocenters. The number of esters is 1. The predicted octanol–water partition coefficient (Wildman–Crippen LogP) is 1.73. The first kappa shape index (κ1) is 12.7. The number of non-ortho nitro benzene ring substituents is 1.